The van der Waals surface area contributed by atoms with Crippen LogP contribution in [0.3, 0.4) is 0 Å². The molecule has 0 aliphatic carbocycles. The molecule has 1 N–H and O–H groups in total. The first-order valence-electron chi connectivity index (χ1n) is 8.32. The van der Waals surface area contributed by atoms with Gasteiger partial charge in [0.05, 0.1) is 7.11 Å². The summed E-state index contributed by atoms with van der Waals surface area (Å²) in [4.78, 5) is 28.3. The van der Waals surface area contributed by atoms with Gasteiger partial charge in [-0.1, -0.05) is 23.7 Å². The number of nitrogens with one attached hydrogen (secondary N) is 1. The van der Waals surface area contributed by atoms with Gasteiger partial charge in [0.1, 0.15) is 6.29 Å². The van der Waals surface area contributed by atoms with Crippen LogP contribution in [0, 0.1) is 0 Å². The van der Waals surface area contributed by atoms with Crippen molar-refractivity contribution in [3.05, 3.63) is 69.7 Å². The standard InChI is InChI=1S/C20H17ClN2O4S/c1-26-17-6-5-14(11-24)9-18(17)27-12-19(25)23-20-22-10-16(28-20)8-13-3-2-4-15(21)7-13/h2-7,9-11H,8,12H2,1H3,(H,22,23,25). The minimum Gasteiger partial charge on any atom is -0.493 e. The average molecular weight is 417 g/mol. The highest BCUT2D eigenvalue weighted by molar-refractivity contribution is 7.15. The van der Waals surface area contributed by atoms with E-state index in [-0.39, 0.29) is 12.5 Å². The topological polar surface area (TPSA) is 77.5 Å². The Labute approximate surface area is 171 Å². The lowest BCUT2D eigenvalue weighted by Gasteiger charge is -2.10. The first kappa shape index (κ1) is 19.9. The maximum atomic E-state index is 12.2. The van der Waals surface area contributed by atoms with Crippen LogP contribution in [0.15, 0.2) is 48.7 Å². The van der Waals surface area contributed by atoms with Gasteiger partial charge in [-0.3, -0.25) is 14.9 Å². The molecule has 0 aliphatic heterocycles. The lowest BCUT2D eigenvalue weighted by molar-refractivity contribution is -0.118. The fourth-order valence-electron chi connectivity index (χ4n) is 2.47. The average Bonchev–Trinajstić information content (AvgIpc) is 3.12. The fraction of sp³-hybridized carbons (Fsp3) is 0.150. The number of nitrogens with zero attached hydrogens (tertiary/aromatic N) is 1. The number of hydrogen-bond acceptors (Lipinski definition) is 6. The van der Waals surface area contributed by atoms with Crippen LogP contribution in [-0.2, 0) is 11.2 Å². The molecule has 28 heavy (non-hydrogen) atoms. The molecule has 0 fully saturated rings. The smallest absolute Gasteiger partial charge is 0.264 e. The number of anilines is 1. The zero-order chi connectivity index (χ0) is 19.9. The highest BCUT2D eigenvalue weighted by Crippen LogP contribution is 2.28. The third kappa shape index (κ3) is 5.31. The molecule has 1 heterocycles. The molecule has 0 saturated heterocycles. The highest BCUT2D eigenvalue weighted by atomic mass is 35.5. The van der Waals surface area contributed by atoms with E-state index >= 15 is 0 Å². The summed E-state index contributed by atoms with van der Waals surface area (Å²) < 4.78 is 10.7. The zero-order valence-electron chi connectivity index (χ0n) is 15.0. The molecular weight excluding hydrogens is 400 g/mol. The van der Waals surface area contributed by atoms with Crippen LogP contribution in [-0.4, -0.2) is 30.9 Å². The molecule has 0 saturated carbocycles. The van der Waals surface area contributed by atoms with E-state index in [9.17, 15) is 9.59 Å². The summed E-state index contributed by atoms with van der Waals surface area (Å²) in [6.45, 7) is -0.234. The number of amides is 1. The second-order valence-corrected chi connectivity index (χ2v) is 7.36. The second-order valence-electron chi connectivity index (χ2n) is 5.80. The van der Waals surface area contributed by atoms with Crippen LogP contribution in [0.25, 0.3) is 0 Å². The van der Waals surface area contributed by atoms with Gasteiger partial charge in [-0.2, -0.15) is 0 Å². The number of rotatable bonds is 8. The molecule has 2 aromatic carbocycles. The van der Waals surface area contributed by atoms with E-state index in [1.165, 1.54) is 24.5 Å². The van der Waals surface area contributed by atoms with E-state index in [1.54, 1.807) is 18.3 Å². The Kier molecular flexibility index (Phi) is 6.62. The van der Waals surface area contributed by atoms with Crippen LogP contribution in [0.5, 0.6) is 11.5 Å². The lowest BCUT2D eigenvalue weighted by Crippen LogP contribution is -2.20. The Balaban J connectivity index is 1.57. The number of benzene rings is 2. The van der Waals surface area contributed by atoms with E-state index in [0.717, 1.165) is 10.4 Å². The van der Waals surface area contributed by atoms with Crippen LogP contribution < -0.4 is 14.8 Å². The quantitative estimate of drug-likeness (QED) is 0.556. The molecule has 1 amide bonds. The predicted molar refractivity (Wildman–Crippen MR) is 109 cm³/mol. The summed E-state index contributed by atoms with van der Waals surface area (Å²) in [6.07, 6.45) is 3.10. The number of hydrogen-bond donors (Lipinski definition) is 1. The van der Waals surface area contributed by atoms with Crippen LogP contribution in [0.2, 0.25) is 5.02 Å². The number of ether oxygens (including phenoxy) is 2. The predicted octanol–water partition coefficient (Wildman–Crippen LogP) is 4.23. The second kappa shape index (κ2) is 9.34. The molecule has 8 heteroatoms. The number of aromatic nitrogens is 1. The Morgan fingerprint density at radius 1 is 1.25 bits per heavy atom. The van der Waals surface area contributed by atoms with Crippen molar-refractivity contribution in [2.24, 2.45) is 0 Å². The van der Waals surface area contributed by atoms with Crippen molar-refractivity contribution in [2.45, 2.75) is 6.42 Å². The Bertz CT molecular complexity index is 990. The number of carbonyl (C=O) groups excluding carboxylic acids is 2. The molecule has 3 aromatic rings. The van der Waals surface area contributed by atoms with Gasteiger partial charge in [-0.05, 0) is 35.9 Å². The van der Waals surface area contributed by atoms with Crippen molar-refractivity contribution in [1.82, 2.24) is 4.98 Å². The minimum absolute atomic E-state index is 0.234. The van der Waals surface area contributed by atoms with Gasteiger partial charge in [0, 0.05) is 28.1 Å². The first-order valence-corrected chi connectivity index (χ1v) is 9.52. The third-order valence-electron chi connectivity index (χ3n) is 3.75. The summed E-state index contributed by atoms with van der Waals surface area (Å²) in [7, 11) is 1.49. The van der Waals surface area contributed by atoms with Crippen molar-refractivity contribution in [3.63, 3.8) is 0 Å². The fourth-order valence-corrected chi connectivity index (χ4v) is 3.55. The third-order valence-corrected chi connectivity index (χ3v) is 4.90. The molecule has 0 unspecified atom stereocenters. The zero-order valence-corrected chi connectivity index (χ0v) is 16.5. The molecule has 6 nitrogen and oxygen atoms in total. The molecule has 1 aromatic heterocycles. The van der Waals surface area contributed by atoms with E-state index in [4.69, 9.17) is 21.1 Å². The van der Waals surface area contributed by atoms with E-state index in [2.05, 4.69) is 10.3 Å². The van der Waals surface area contributed by atoms with Crippen molar-refractivity contribution in [1.29, 1.82) is 0 Å². The summed E-state index contributed by atoms with van der Waals surface area (Å²) in [5.41, 5.74) is 1.50. The van der Waals surface area contributed by atoms with Gasteiger partial charge < -0.3 is 9.47 Å². The number of methoxy groups -OCH3 is 1. The molecule has 0 spiro atoms. The van der Waals surface area contributed by atoms with Crippen LogP contribution in [0.1, 0.15) is 20.8 Å². The SMILES string of the molecule is COc1ccc(C=O)cc1OCC(=O)Nc1ncc(Cc2cccc(Cl)c2)s1. The molecule has 0 radical (unpaired) electrons. The van der Waals surface area contributed by atoms with Gasteiger partial charge >= 0.3 is 0 Å². The van der Waals surface area contributed by atoms with Crippen LogP contribution in [0.4, 0.5) is 5.13 Å². The Morgan fingerprint density at radius 3 is 2.86 bits per heavy atom. The number of aldehydes is 1. The molecule has 144 valence electrons. The van der Waals surface area contributed by atoms with E-state index in [1.807, 2.05) is 24.3 Å². The summed E-state index contributed by atoms with van der Waals surface area (Å²) >= 11 is 7.38. The molecular formula is C20H17ClN2O4S. The van der Waals surface area contributed by atoms with Gasteiger partial charge in [0.2, 0.25) is 0 Å². The van der Waals surface area contributed by atoms with E-state index in [0.29, 0.717) is 39.9 Å². The molecule has 3 rings (SSSR count). The maximum Gasteiger partial charge on any atom is 0.264 e. The van der Waals surface area contributed by atoms with Crippen LogP contribution >= 0.6 is 22.9 Å². The van der Waals surface area contributed by atoms with Gasteiger partial charge in [0.15, 0.2) is 23.2 Å². The lowest BCUT2D eigenvalue weighted by atomic mass is 10.1. The van der Waals surface area contributed by atoms with Crippen molar-refractivity contribution >= 4 is 40.3 Å². The number of carbonyl (C=O) groups is 2. The van der Waals surface area contributed by atoms with Gasteiger partial charge in [-0.25, -0.2) is 4.98 Å². The van der Waals surface area contributed by atoms with Crippen molar-refractivity contribution < 1.29 is 19.1 Å². The molecule has 0 atom stereocenters. The number of thiazole rings is 1. The summed E-state index contributed by atoms with van der Waals surface area (Å²) in [5.74, 6) is 0.404. The largest absolute Gasteiger partial charge is 0.493 e. The summed E-state index contributed by atoms with van der Waals surface area (Å²) in [5, 5.41) is 3.87. The summed E-state index contributed by atoms with van der Waals surface area (Å²) in [6, 6.07) is 12.3. The maximum absolute atomic E-state index is 12.2. The highest BCUT2D eigenvalue weighted by Gasteiger charge is 2.11. The van der Waals surface area contributed by atoms with E-state index < -0.39 is 0 Å². The van der Waals surface area contributed by atoms with Gasteiger partial charge in [0.25, 0.3) is 5.91 Å². The first-order chi connectivity index (χ1) is 13.6. The normalized spacial score (nSPS) is 10.4. The molecule has 0 bridgehead atoms. The monoisotopic (exact) mass is 416 g/mol. The van der Waals surface area contributed by atoms with Gasteiger partial charge in [-0.15, -0.1) is 11.3 Å². The minimum atomic E-state index is -0.359. The number of halogens is 1. The van der Waals surface area contributed by atoms with Crippen molar-refractivity contribution in [2.75, 3.05) is 19.0 Å². The Hall–Kier alpha value is -2.90. The van der Waals surface area contributed by atoms with Crippen molar-refractivity contribution in [3.8, 4) is 11.5 Å². The Morgan fingerprint density at radius 2 is 2.11 bits per heavy atom. The molecule has 0 aliphatic rings.